The van der Waals surface area contributed by atoms with Crippen molar-refractivity contribution in [1.29, 1.82) is 0 Å². The van der Waals surface area contributed by atoms with E-state index in [-0.39, 0.29) is 10.5 Å². The molecule has 1 N–H and O–H groups in total. The summed E-state index contributed by atoms with van der Waals surface area (Å²) in [5, 5.41) is 3.25. The van der Waals surface area contributed by atoms with Crippen LogP contribution in [0.5, 0.6) is 0 Å². The Hall–Kier alpha value is -1.89. The zero-order chi connectivity index (χ0) is 17.2. The normalized spacial score (nSPS) is 11.5. The molecule has 0 bridgehead atoms. The largest absolute Gasteiger partial charge is 0.322 e. The van der Waals surface area contributed by atoms with Gasteiger partial charge in [-0.3, -0.25) is 4.79 Å². The van der Waals surface area contributed by atoms with Crippen LogP contribution in [-0.2, 0) is 10.0 Å². The van der Waals surface area contributed by atoms with E-state index in [0.29, 0.717) is 10.7 Å². The fraction of sp³-hybridized carbons (Fsp3) is 0.188. The molecule has 7 heteroatoms. The van der Waals surface area contributed by atoms with E-state index in [4.69, 9.17) is 11.6 Å². The van der Waals surface area contributed by atoms with Gasteiger partial charge in [0.25, 0.3) is 5.91 Å². The standard InChI is InChI=1S/C16H17ClN2O3S/c1-11-7-8-13(10-15(11)17)18-16(20)12-5-4-6-14(9-12)23(21,22)19(2)3/h4-10H,1-3H3,(H,18,20). The number of benzene rings is 2. The third kappa shape index (κ3) is 3.90. The second kappa shape index (κ2) is 6.70. The Balaban J connectivity index is 2.28. The van der Waals surface area contributed by atoms with Crippen LogP contribution in [0.2, 0.25) is 5.02 Å². The molecule has 23 heavy (non-hydrogen) atoms. The lowest BCUT2D eigenvalue weighted by Crippen LogP contribution is -2.22. The average Bonchev–Trinajstić information content (AvgIpc) is 2.51. The monoisotopic (exact) mass is 352 g/mol. The molecule has 0 heterocycles. The molecule has 0 radical (unpaired) electrons. The maximum atomic E-state index is 12.3. The van der Waals surface area contributed by atoms with Gasteiger partial charge in [0.2, 0.25) is 10.0 Å². The van der Waals surface area contributed by atoms with Crippen molar-refractivity contribution in [2.45, 2.75) is 11.8 Å². The molecule has 0 aromatic heterocycles. The Bertz CT molecular complexity index is 848. The first-order chi connectivity index (χ1) is 10.7. The molecule has 0 saturated heterocycles. The third-order valence-electron chi connectivity index (χ3n) is 3.30. The predicted molar refractivity (Wildman–Crippen MR) is 91.5 cm³/mol. The van der Waals surface area contributed by atoms with Crippen molar-refractivity contribution in [3.8, 4) is 0 Å². The maximum Gasteiger partial charge on any atom is 0.255 e. The molecule has 0 aliphatic carbocycles. The van der Waals surface area contributed by atoms with E-state index in [0.717, 1.165) is 9.87 Å². The van der Waals surface area contributed by atoms with Gasteiger partial charge in [-0.15, -0.1) is 0 Å². The van der Waals surface area contributed by atoms with Crippen LogP contribution in [-0.4, -0.2) is 32.7 Å². The van der Waals surface area contributed by atoms with Crippen LogP contribution >= 0.6 is 11.6 Å². The molecule has 0 spiro atoms. The minimum atomic E-state index is -3.59. The van der Waals surface area contributed by atoms with Gasteiger partial charge in [-0.05, 0) is 42.8 Å². The summed E-state index contributed by atoms with van der Waals surface area (Å²) in [6.45, 7) is 1.86. The number of hydrogen-bond acceptors (Lipinski definition) is 3. The van der Waals surface area contributed by atoms with Gasteiger partial charge in [0, 0.05) is 30.4 Å². The van der Waals surface area contributed by atoms with E-state index in [1.807, 2.05) is 6.92 Å². The number of aryl methyl sites for hydroxylation is 1. The Labute approximate surface area is 140 Å². The zero-order valence-electron chi connectivity index (χ0n) is 13.0. The third-order valence-corrected chi connectivity index (χ3v) is 5.52. The van der Waals surface area contributed by atoms with Crippen molar-refractivity contribution >= 4 is 33.2 Å². The number of hydrogen-bond donors (Lipinski definition) is 1. The summed E-state index contributed by atoms with van der Waals surface area (Å²) in [6.07, 6.45) is 0. The summed E-state index contributed by atoms with van der Waals surface area (Å²) in [6, 6.07) is 11.1. The minimum Gasteiger partial charge on any atom is -0.322 e. The highest BCUT2D eigenvalue weighted by Crippen LogP contribution is 2.21. The molecular formula is C16H17ClN2O3S. The van der Waals surface area contributed by atoms with Crippen LogP contribution in [0.3, 0.4) is 0 Å². The van der Waals surface area contributed by atoms with Gasteiger partial charge in [0.15, 0.2) is 0 Å². The van der Waals surface area contributed by atoms with E-state index in [9.17, 15) is 13.2 Å². The lowest BCUT2D eigenvalue weighted by atomic mass is 10.2. The number of amides is 1. The molecule has 0 aliphatic rings. The summed E-state index contributed by atoms with van der Waals surface area (Å²) in [5.74, 6) is -0.402. The van der Waals surface area contributed by atoms with Crippen LogP contribution < -0.4 is 5.32 Å². The maximum absolute atomic E-state index is 12.3. The second-order valence-corrected chi connectivity index (χ2v) is 7.79. The molecule has 2 rings (SSSR count). The van der Waals surface area contributed by atoms with Crippen LogP contribution in [0.4, 0.5) is 5.69 Å². The Kier molecular flexibility index (Phi) is 5.09. The molecule has 0 fully saturated rings. The van der Waals surface area contributed by atoms with E-state index in [1.165, 1.54) is 32.3 Å². The van der Waals surface area contributed by atoms with Gasteiger partial charge in [-0.2, -0.15) is 0 Å². The lowest BCUT2D eigenvalue weighted by molar-refractivity contribution is 0.102. The molecule has 122 valence electrons. The molecule has 1 amide bonds. The van der Waals surface area contributed by atoms with Crippen LogP contribution in [0.1, 0.15) is 15.9 Å². The Morgan fingerprint density at radius 1 is 1.13 bits per heavy atom. The zero-order valence-corrected chi connectivity index (χ0v) is 14.6. The summed E-state index contributed by atoms with van der Waals surface area (Å²) >= 11 is 6.03. The first kappa shape index (κ1) is 17.5. The molecular weight excluding hydrogens is 336 g/mol. The van der Waals surface area contributed by atoms with Gasteiger partial charge in [0.05, 0.1) is 4.90 Å². The predicted octanol–water partition coefficient (Wildman–Crippen LogP) is 3.15. The van der Waals surface area contributed by atoms with Crippen LogP contribution in [0.15, 0.2) is 47.4 Å². The quantitative estimate of drug-likeness (QED) is 0.919. The second-order valence-electron chi connectivity index (χ2n) is 5.23. The van der Waals surface area contributed by atoms with Gasteiger partial charge in [0.1, 0.15) is 0 Å². The molecule has 5 nitrogen and oxygen atoms in total. The Morgan fingerprint density at radius 2 is 1.83 bits per heavy atom. The number of nitrogens with one attached hydrogen (secondary N) is 1. The van der Waals surface area contributed by atoms with E-state index in [2.05, 4.69) is 5.32 Å². The first-order valence-electron chi connectivity index (χ1n) is 6.82. The number of rotatable bonds is 4. The summed E-state index contributed by atoms with van der Waals surface area (Å²) < 4.78 is 25.3. The fourth-order valence-corrected chi connectivity index (χ4v) is 3.01. The van der Waals surface area contributed by atoms with E-state index < -0.39 is 15.9 Å². The van der Waals surface area contributed by atoms with Crippen molar-refractivity contribution < 1.29 is 13.2 Å². The van der Waals surface area contributed by atoms with Crippen molar-refractivity contribution in [2.75, 3.05) is 19.4 Å². The molecule has 0 unspecified atom stereocenters. The van der Waals surface area contributed by atoms with Crippen LogP contribution in [0, 0.1) is 6.92 Å². The van der Waals surface area contributed by atoms with Crippen molar-refractivity contribution in [2.24, 2.45) is 0 Å². The Morgan fingerprint density at radius 3 is 2.43 bits per heavy atom. The number of nitrogens with zero attached hydrogens (tertiary/aromatic N) is 1. The number of halogens is 1. The van der Waals surface area contributed by atoms with Crippen molar-refractivity contribution in [3.05, 3.63) is 58.6 Å². The summed E-state index contributed by atoms with van der Waals surface area (Å²) in [4.78, 5) is 12.4. The number of carbonyl (C=O) groups is 1. The van der Waals surface area contributed by atoms with E-state index in [1.54, 1.807) is 24.3 Å². The highest BCUT2D eigenvalue weighted by molar-refractivity contribution is 7.89. The lowest BCUT2D eigenvalue weighted by Gasteiger charge is -2.12. The molecule has 2 aromatic rings. The molecule has 2 aromatic carbocycles. The summed E-state index contributed by atoms with van der Waals surface area (Å²) in [7, 11) is -0.704. The highest BCUT2D eigenvalue weighted by atomic mass is 35.5. The SMILES string of the molecule is Cc1ccc(NC(=O)c2cccc(S(=O)(=O)N(C)C)c2)cc1Cl. The van der Waals surface area contributed by atoms with Gasteiger partial charge < -0.3 is 5.32 Å². The molecule has 0 saturated carbocycles. The fourth-order valence-electron chi connectivity index (χ4n) is 1.88. The number of anilines is 1. The topological polar surface area (TPSA) is 66.5 Å². The van der Waals surface area contributed by atoms with Gasteiger partial charge >= 0.3 is 0 Å². The smallest absolute Gasteiger partial charge is 0.255 e. The molecule has 0 atom stereocenters. The van der Waals surface area contributed by atoms with Gasteiger partial charge in [-0.25, -0.2) is 12.7 Å². The molecule has 0 aliphatic heterocycles. The first-order valence-corrected chi connectivity index (χ1v) is 8.63. The average molecular weight is 353 g/mol. The number of sulfonamides is 1. The minimum absolute atomic E-state index is 0.0667. The highest BCUT2D eigenvalue weighted by Gasteiger charge is 2.18. The van der Waals surface area contributed by atoms with Crippen molar-refractivity contribution in [1.82, 2.24) is 4.31 Å². The van der Waals surface area contributed by atoms with E-state index >= 15 is 0 Å². The summed E-state index contributed by atoms with van der Waals surface area (Å²) in [5.41, 5.74) is 1.71. The van der Waals surface area contributed by atoms with Crippen molar-refractivity contribution in [3.63, 3.8) is 0 Å². The number of carbonyl (C=O) groups excluding carboxylic acids is 1. The van der Waals surface area contributed by atoms with Crippen LogP contribution in [0.25, 0.3) is 0 Å². The van der Waals surface area contributed by atoms with Gasteiger partial charge in [-0.1, -0.05) is 23.7 Å².